The first kappa shape index (κ1) is 20.1. The van der Waals surface area contributed by atoms with Crippen molar-refractivity contribution in [1.82, 2.24) is 5.32 Å². The molecule has 19 heavy (non-hydrogen) atoms. The zero-order chi connectivity index (χ0) is 15.1. The van der Waals surface area contributed by atoms with Crippen molar-refractivity contribution >= 4 is 17.5 Å². The number of amidine groups is 1. The zero-order valence-electron chi connectivity index (χ0n) is 13.5. The van der Waals surface area contributed by atoms with Gasteiger partial charge in [-0.3, -0.25) is 14.8 Å². The van der Waals surface area contributed by atoms with Gasteiger partial charge >= 0.3 is 0 Å². The molecular formula is C15H31N3O. The number of nitrogens with zero attached hydrogens (tertiary/aromatic N) is 2. The first-order valence-electron chi connectivity index (χ1n) is 7.49. The van der Waals surface area contributed by atoms with Crippen molar-refractivity contribution in [2.75, 3.05) is 13.1 Å². The van der Waals surface area contributed by atoms with E-state index in [1.807, 2.05) is 27.7 Å². The first-order chi connectivity index (χ1) is 9.18. The molecule has 1 N–H and O–H groups in total. The van der Waals surface area contributed by atoms with Crippen LogP contribution in [0.25, 0.3) is 0 Å². The minimum Gasteiger partial charge on any atom is -0.315 e. The molecule has 0 bridgehead atoms. The number of hydrogen-bond acceptors (Lipinski definition) is 3. The predicted molar refractivity (Wildman–Crippen MR) is 85.3 cm³/mol. The monoisotopic (exact) mass is 269 g/mol. The summed E-state index contributed by atoms with van der Waals surface area (Å²) in [5, 5.41) is 2.59. The topological polar surface area (TPSA) is 53.8 Å². The van der Waals surface area contributed by atoms with Crippen LogP contribution in [0.5, 0.6) is 0 Å². The van der Waals surface area contributed by atoms with Crippen molar-refractivity contribution in [2.45, 2.75) is 67.2 Å². The SMILES string of the molecule is CC.CC.CC1=NCCC(=O)N1.CC1=NCCCC1. The molecule has 0 atom stereocenters. The summed E-state index contributed by atoms with van der Waals surface area (Å²) < 4.78 is 0. The molecule has 0 aliphatic carbocycles. The Kier molecular flexibility index (Phi) is 15.8. The van der Waals surface area contributed by atoms with E-state index in [2.05, 4.69) is 22.2 Å². The van der Waals surface area contributed by atoms with Crippen LogP contribution in [-0.2, 0) is 4.79 Å². The fraction of sp³-hybridized carbons (Fsp3) is 0.800. The van der Waals surface area contributed by atoms with Gasteiger partial charge in [-0.15, -0.1) is 0 Å². The number of carbonyl (C=O) groups excluding carboxylic acids is 1. The highest BCUT2D eigenvalue weighted by molar-refractivity contribution is 5.98. The smallest absolute Gasteiger partial charge is 0.227 e. The molecule has 2 aliphatic heterocycles. The highest BCUT2D eigenvalue weighted by atomic mass is 16.1. The summed E-state index contributed by atoms with van der Waals surface area (Å²) in [4.78, 5) is 18.7. The number of carbonyl (C=O) groups is 1. The lowest BCUT2D eigenvalue weighted by Gasteiger charge is -2.07. The molecule has 1 amide bonds. The van der Waals surface area contributed by atoms with Crippen molar-refractivity contribution in [3.63, 3.8) is 0 Å². The molecule has 0 saturated carbocycles. The Bertz CT molecular complexity index is 283. The second-order valence-corrected chi connectivity index (χ2v) is 3.84. The molecule has 0 unspecified atom stereocenters. The Balaban J connectivity index is 0. The molecule has 0 aromatic rings. The molecule has 2 rings (SSSR count). The van der Waals surface area contributed by atoms with Crippen molar-refractivity contribution in [3.05, 3.63) is 0 Å². The van der Waals surface area contributed by atoms with E-state index >= 15 is 0 Å². The third kappa shape index (κ3) is 13.0. The van der Waals surface area contributed by atoms with E-state index in [9.17, 15) is 4.79 Å². The van der Waals surface area contributed by atoms with Crippen molar-refractivity contribution in [2.24, 2.45) is 9.98 Å². The van der Waals surface area contributed by atoms with E-state index in [4.69, 9.17) is 0 Å². The molecule has 0 aromatic carbocycles. The average molecular weight is 269 g/mol. The Morgan fingerprint density at radius 2 is 1.53 bits per heavy atom. The third-order valence-corrected chi connectivity index (χ3v) is 2.34. The molecular weight excluding hydrogens is 238 g/mol. The molecule has 0 radical (unpaired) electrons. The second-order valence-electron chi connectivity index (χ2n) is 3.84. The largest absolute Gasteiger partial charge is 0.315 e. The van der Waals surface area contributed by atoms with Gasteiger partial charge in [-0.05, 0) is 33.1 Å². The molecule has 2 heterocycles. The van der Waals surface area contributed by atoms with Crippen LogP contribution in [0, 0.1) is 0 Å². The zero-order valence-corrected chi connectivity index (χ0v) is 13.5. The van der Waals surface area contributed by atoms with E-state index < -0.39 is 0 Å². The number of rotatable bonds is 0. The van der Waals surface area contributed by atoms with Crippen LogP contribution >= 0.6 is 0 Å². The van der Waals surface area contributed by atoms with Crippen LogP contribution < -0.4 is 5.32 Å². The van der Waals surface area contributed by atoms with E-state index in [1.54, 1.807) is 6.92 Å². The number of amides is 1. The lowest BCUT2D eigenvalue weighted by Crippen LogP contribution is -2.32. The van der Waals surface area contributed by atoms with E-state index in [0.29, 0.717) is 13.0 Å². The lowest BCUT2D eigenvalue weighted by atomic mass is 10.1. The highest BCUT2D eigenvalue weighted by Gasteiger charge is 2.05. The van der Waals surface area contributed by atoms with Gasteiger partial charge in [0.1, 0.15) is 0 Å². The van der Waals surface area contributed by atoms with Gasteiger partial charge < -0.3 is 5.32 Å². The van der Waals surface area contributed by atoms with Gasteiger partial charge in [0, 0.05) is 25.2 Å². The van der Waals surface area contributed by atoms with Crippen molar-refractivity contribution in [3.8, 4) is 0 Å². The van der Waals surface area contributed by atoms with Gasteiger partial charge in [0.05, 0.1) is 5.84 Å². The summed E-state index contributed by atoms with van der Waals surface area (Å²) in [5.74, 6) is 0.818. The number of nitrogens with one attached hydrogen (secondary N) is 1. The molecule has 0 fully saturated rings. The summed E-state index contributed by atoms with van der Waals surface area (Å²) in [6, 6.07) is 0. The molecule has 4 nitrogen and oxygen atoms in total. The van der Waals surface area contributed by atoms with E-state index in [-0.39, 0.29) is 5.91 Å². The summed E-state index contributed by atoms with van der Waals surface area (Å²) in [5.41, 5.74) is 1.34. The Morgan fingerprint density at radius 3 is 1.79 bits per heavy atom. The average Bonchev–Trinajstić information content (AvgIpc) is 2.44. The molecule has 0 spiro atoms. The van der Waals surface area contributed by atoms with Gasteiger partial charge in [-0.1, -0.05) is 27.7 Å². The summed E-state index contributed by atoms with van der Waals surface area (Å²) in [7, 11) is 0. The lowest BCUT2D eigenvalue weighted by molar-refractivity contribution is -0.119. The maximum Gasteiger partial charge on any atom is 0.227 e. The Hall–Kier alpha value is -1.19. The van der Waals surface area contributed by atoms with Crippen LogP contribution in [-0.4, -0.2) is 30.5 Å². The Morgan fingerprint density at radius 1 is 0.895 bits per heavy atom. The van der Waals surface area contributed by atoms with E-state index in [1.165, 1.54) is 25.0 Å². The highest BCUT2D eigenvalue weighted by Crippen LogP contribution is 2.03. The predicted octanol–water partition coefficient (Wildman–Crippen LogP) is 3.61. The maximum absolute atomic E-state index is 10.5. The van der Waals surface area contributed by atoms with Crippen LogP contribution in [0.1, 0.15) is 67.2 Å². The quantitative estimate of drug-likeness (QED) is 0.717. The summed E-state index contributed by atoms with van der Waals surface area (Å²) in [6.07, 6.45) is 4.43. The van der Waals surface area contributed by atoms with Gasteiger partial charge in [-0.25, -0.2) is 0 Å². The minimum absolute atomic E-state index is 0.0810. The van der Waals surface area contributed by atoms with Gasteiger partial charge in [-0.2, -0.15) is 0 Å². The van der Waals surface area contributed by atoms with Gasteiger partial charge in [0.15, 0.2) is 0 Å². The fourth-order valence-electron chi connectivity index (χ4n) is 1.47. The summed E-state index contributed by atoms with van der Waals surface area (Å²) >= 11 is 0. The van der Waals surface area contributed by atoms with Crippen molar-refractivity contribution < 1.29 is 4.79 Å². The summed E-state index contributed by atoms with van der Waals surface area (Å²) in [6.45, 7) is 13.6. The van der Waals surface area contributed by atoms with Gasteiger partial charge in [0.2, 0.25) is 5.91 Å². The van der Waals surface area contributed by atoms with Crippen LogP contribution in [0.4, 0.5) is 0 Å². The molecule has 0 aromatic heterocycles. The van der Waals surface area contributed by atoms with Crippen LogP contribution in [0.15, 0.2) is 9.98 Å². The standard InChI is InChI=1S/C6H11N.C5H8N2O.2C2H6/c1-6-4-2-3-5-7-6;1-4-6-3-2-5(8)7-4;2*1-2/h2-5H2,1H3;2-3H2,1H3,(H,6,7,8);2*1-2H3. The van der Waals surface area contributed by atoms with Crippen LogP contribution in [0.2, 0.25) is 0 Å². The number of aliphatic imine (C=N–C) groups is 2. The molecule has 112 valence electrons. The third-order valence-electron chi connectivity index (χ3n) is 2.34. The normalized spacial score (nSPS) is 16.8. The van der Waals surface area contributed by atoms with E-state index in [0.717, 1.165) is 12.4 Å². The number of hydrogen-bond donors (Lipinski definition) is 1. The molecule has 2 aliphatic rings. The maximum atomic E-state index is 10.5. The van der Waals surface area contributed by atoms with Gasteiger partial charge in [0.25, 0.3) is 0 Å². The fourth-order valence-corrected chi connectivity index (χ4v) is 1.47. The van der Waals surface area contributed by atoms with Crippen molar-refractivity contribution in [1.29, 1.82) is 0 Å². The minimum atomic E-state index is 0.0810. The van der Waals surface area contributed by atoms with Crippen LogP contribution in [0.3, 0.4) is 0 Å². The second kappa shape index (κ2) is 14.9. The molecule has 0 saturated heterocycles. The first-order valence-corrected chi connectivity index (χ1v) is 7.49. The molecule has 4 heteroatoms. The Labute approximate surface area is 118 Å².